The second-order valence-electron chi connectivity index (χ2n) is 6.09. The molecule has 0 spiro atoms. The highest BCUT2D eigenvalue weighted by Crippen LogP contribution is 2.30. The molecule has 98 valence electrons. The van der Waals surface area contributed by atoms with E-state index < -0.39 is 0 Å². The highest BCUT2D eigenvalue weighted by atomic mass is 15.2. The van der Waals surface area contributed by atoms with Gasteiger partial charge in [-0.05, 0) is 51.7 Å². The Morgan fingerprint density at radius 3 is 2.29 bits per heavy atom. The summed E-state index contributed by atoms with van der Waals surface area (Å²) in [5, 5.41) is 3.91. The molecule has 1 saturated carbocycles. The molecule has 0 radical (unpaired) electrons. The summed E-state index contributed by atoms with van der Waals surface area (Å²) in [5.74, 6) is 0. The van der Waals surface area contributed by atoms with Gasteiger partial charge in [0, 0.05) is 31.2 Å². The lowest BCUT2D eigenvalue weighted by atomic mass is 10.0. The quantitative estimate of drug-likeness (QED) is 0.795. The van der Waals surface area contributed by atoms with Crippen molar-refractivity contribution in [3.05, 3.63) is 0 Å². The second-order valence-corrected chi connectivity index (χ2v) is 6.09. The standard InChI is InChI=1S/C14H27N3/c1-2-16-8-5-12(6-9-16)15-13-7-10-17(11-13)14-3-4-14/h12-15H,2-11H2,1H3. The van der Waals surface area contributed by atoms with Gasteiger partial charge in [-0.15, -0.1) is 0 Å². The predicted octanol–water partition coefficient (Wildman–Crippen LogP) is 1.30. The van der Waals surface area contributed by atoms with Gasteiger partial charge in [-0.25, -0.2) is 0 Å². The molecule has 2 heterocycles. The number of nitrogens with zero attached hydrogens (tertiary/aromatic N) is 2. The Morgan fingerprint density at radius 2 is 1.65 bits per heavy atom. The SMILES string of the molecule is CCN1CCC(NC2CCN(C3CC3)C2)CC1. The summed E-state index contributed by atoms with van der Waals surface area (Å²) in [6.07, 6.45) is 7.01. The average Bonchev–Trinajstić information content (AvgIpc) is 3.12. The number of likely N-dealkylation sites (tertiary alicyclic amines) is 2. The van der Waals surface area contributed by atoms with Crippen molar-refractivity contribution in [2.75, 3.05) is 32.7 Å². The summed E-state index contributed by atoms with van der Waals surface area (Å²) in [5.41, 5.74) is 0. The molecular formula is C14H27N3. The molecule has 1 aliphatic carbocycles. The minimum atomic E-state index is 0.786. The molecule has 1 atom stereocenters. The Kier molecular flexibility index (Phi) is 3.69. The number of rotatable bonds is 4. The summed E-state index contributed by atoms with van der Waals surface area (Å²) in [6.45, 7) is 8.76. The Bertz CT molecular complexity index is 244. The fourth-order valence-corrected chi connectivity index (χ4v) is 3.44. The van der Waals surface area contributed by atoms with Crippen molar-refractivity contribution >= 4 is 0 Å². The molecule has 0 amide bonds. The van der Waals surface area contributed by atoms with E-state index in [0.29, 0.717) is 0 Å². The Labute approximate surface area is 106 Å². The van der Waals surface area contributed by atoms with E-state index >= 15 is 0 Å². The summed E-state index contributed by atoms with van der Waals surface area (Å²) in [6, 6.07) is 2.54. The first-order chi connectivity index (χ1) is 8.35. The average molecular weight is 237 g/mol. The van der Waals surface area contributed by atoms with Crippen molar-refractivity contribution in [1.29, 1.82) is 0 Å². The summed E-state index contributed by atoms with van der Waals surface area (Å²) in [4.78, 5) is 5.28. The molecule has 0 aromatic rings. The molecule has 3 rings (SSSR count). The first kappa shape index (κ1) is 11.9. The highest BCUT2D eigenvalue weighted by Gasteiger charge is 2.35. The molecular weight excluding hydrogens is 210 g/mol. The van der Waals surface area contributed by atoms with Crippen LogP contribution in [0.2, 0.25) is 0 Å². The van der Waals surface area contributed by atoms with Gasteiger partial charge in [0.25, 0.3) is 0 Å². The largest absolute Gasteiger partial charge is 0.310 e. The van der Waals surface area contributed by atoms with Gasteiger partial charge < -0.3 is 10.2 Å². The molecule has 0 aromatic heterocycles. The van der Waals surface area contributed by atoms with Gasteiger partial charge in [0.2, 0.25) is 0 Å². The van der Waals surface area contributed by atoms with Crippen LogP contribution in [0.25, 0.3) is 0 Å². The van der Waals surface area contributed by atoms with Gasteiger partial charge in [0.1, 0.15) is 0 Å². The van der Waals surface area contributed by atoms with Gasteiger partial charge in [-0.2, -0.15) is 0 Å². The lowest BCUT2D eigenvalue weighted by Gasteiger charge is -2.33. The zero-order valence-electron chi connectivity index (χ0n) is 11.2. The Hall–Kier alpha value is -0.120. The van der Waals surface area contributed by atoms with Gasteiger partial charge in [-0.3, -0.25) is 4.90 Å². The molecule has 2 aliphatic heterocycles. The van der Waals surface area contributed by atoms with E-state index in [0.717, 1.165) is 18.1 Å². The zero-order chi connectivity index (χ0) is 11.7. The fraction of sp³-hybridized carbons (Fsp3) is 1.00. The molecule has 0 bridgehead atoms. The Morgan fingerprint density at radius 1 is 0.941 bits per heavy atom. The van der Waals surface area contributed by atoms with Crippen LogP contribution in [0, 0.1) is 0 Å². The summed E-state index contributed by atoms with van der Waals surface area (Å²) in [7, 11) is 0. The van der Waals surface area contributed by atoms with Gasteiger partial charge in [0.15, 0.2) is 0 Å². The van der Waals surface area contributed by atoms with Crippen molar-refractivity contribution in [2.45, 2.75) is 57.2 Å². The monoisotopic (exact) mass is 237 g/mol. The molecule has 3 aliphatic rings. The fourth-order valence-electron chi connectivity index (χ4n) is 3.44. The lowest BCUT2D eigenvalue weighted by molar-refractivity contribution is 0.197. The number of nitrogens with one attached hydrogen (secondary N) is 1. The molecule has 3 heteroatoms. The van der Waals surface area contributed by atoms with Crippen LogP contribution in [0.3, 0.4) is 0 Å². The summed E-state index contributed by atoms with van der Waals surface area (Å²) < 4.78 is 0. The van der Waals surface area contributed by atoms with E-state index in [2.05, 4.69) is 22.0 Å². The van der Waals surface area contributed by atoms with E-state index in [-0.39, 0.29) is 0 Å². The van der Waals surface area contributed by atoms with Crippen LogP contribution in [-0.2, 0) is 0 Å². The third-order valence-electron chi connectivity index (χ3n) is 4.79. The third-order valence-corrected chi connectivity index (χ3v) is 4.79. The van der Waals surface area contributed by atoms with Crippen molar-refractivity contribution in [3.8, 4) is 0 Å². The molecule has 17 heavy (non-hydrogen) atoms. The summed E-state index contributed by atoms with van der Waals surface area (Å²) >= 11 is 0. The second kappa shape index (κ2) is 5.25. The van der Waals surface area contributed by atoms with Crippen LogP contribution in [0.15, 0.2) is 0 Å². The maximum Gasteiger partial charge on any atom is 0.0209 e. The minimum Gasteiger partial charge on any atom is -0.310 e. The van der Waals surface area contributed by atoms with Gasteiger partial charge in [0.05, 0.1) is 0 Å². The normalized spacial score (nSPS) is 33.4. The minimum absolute atomic E-state index is 0.786. The number of hydrogen-bond donors (Lipinski definition) is 1. The van der Waals surface area contributed by atoms with Gasteiger partial charge >= 0.3 is 0 Å². The lowest BCUT2D eigenvalue weighted by Crippen LogP contribution is -2.46. The van der Waals surface area contributed by atoms with Crippen LogP contribution in [0.1, 0.15) is 39.0 Å². The van der Waals surface area contributed by atoms with Crippen LogP contribution in [0.4, 0.5) is 0 Å². The van der Waals surface area contributed by atoms with Crippen molar-refractivity contribution in [2.24, 2.45) is 0 Å². The van der Waals surface area contributed by atoms with Crippen molar-refractivity contribution in [1.82, 2.24) is 15.1 Å². The van der Waals surface area contributed by atoms with Crippen molar-refractivity contribution < 1.29 is 0 Å². The first-order valence-electron chi connectivity index (χ1n) is 7.57. The highest BCUT2D eigenvalue weighted by molar-refractivity contribution is 4.93. The third kappa shape index (κ3) is 3.01. The van der Waals surface area contributed by atoms with Gasteiger partial charge in [-0.1, -0.05) is 6.92 Å². The number of piperidine rings is 1. The predicted molar refractivity (Wildman–Crippen MR) is 71.3 cm³/mol. The molecule has 0 aromatic carbocycles. The first-order valence-corrected chi connectivity index (χ1v) is 7.57. The van der Waals surface area contributed by atoms with E-state index in [1.807, 2.05) is 0 Å². The van der Waals surface area contributed by atoms with E-state index in [1.165, 1.54) is 64.8 Å². The molecule has 3 nitrogen and oxygen atoms in total. The molecule has 2 saturated heterocycles. The maximum absolute atomic E-state index is 3.91. The van der Waals surface area contributed by atoms with Crippen molar-refractivity contribution in [3.63, 3.8) is 0 Å². The van der Waals surface area contributed by atoms with Crippen LogP contribution >= 0.6 is 0 Å². The van der Waals surface area contributed by atoms with E-state index in [4.69, 9.17) is 0 Å². The Balaban J connectivity index is 1.39. The molecule has 1 unspecified atom stereocenters. The van der Waals surface area contributed by atoms with E-state index in [1.54, 1.807) is 0 Å². The van der Waals surface area contributed by atoms with Crippen LogP contribution in [-0.4, -0.2) is 60.6 Å². The topological polar surface area (TPSA) is 18.5 Å². The number of hydrogen-bond acceptors (Lipinski definition) is 3. The maximum atomic E-state index is 3.91. The molecule has 3 fully saturated rings. The van der Waals surface area contributed by atoms with Crippen LogP contribution < -0.4 is 5.32 Å². The smallest absolute Gasteiger partial charge is 0.0209 e. The zero-order valence-corrected chi connectivity index (χ0v) is 11.2. The van der Waals surface area contributed by atoms with Crippen LogP contribution in [0.5, 0.6) is 0 Å². The van der Waals surface area contributed by atoms with E-state index in [9.17, 15) is 0 Å². The molecule has 1 N–H and O–H groups in total.